The first kappa shape index (κ1) is 17.5. The van der Waals surface area contributed by atoms with Crippen molar-refractivity contribution in [1.29, 1.82) is 0 Å². The van der Waals surface area contributed by atoms with E-state index in [2.05, 4.69) is 6.07 Å². The van der Waals surface area contributed by atoms with Gasteiger partial charge in [0.25, 0.3) is 0 Å². The highest BCUT2D eigenvalue weighted by atomic mass is 16.5. The molecular weight excluding hydrogens is 314 g/mol. The van der Waals surface area contributed by atoms with Gasteiger partial charge in [0.15, 0.2) is 0 Å². The van der Waals surface area contributed by atoms with E-state index in [-0.39, 0.29) is 6.10 Å². The number of hydrogen-bond donors (Lipinski definition) is 1. The van der Waals surface area contributed by atoms with Crippen molar-refractivity contribution in [2.45, 2.75) is 45.1 Å². The predicted octanol–water partition coefficient (Wildman–Crippen LogP) is 4.53. The van der Waals surface area contributed by atoms with Gasteiger partial charge in [0.2, 0.25) is 0 Å². The van der Waals surface area contributed by atoms with Gasteiger partial charge in [-0.05, 0) is 62.8 Å². The summed E-state index contributed by atoms with van der Waals surface area (Å²) >= 11 is 0. The molecule has 4 nitrogen and oxygen atoms in total. The summed E-state index contributed by atoms with van der Waals surface area (Å²) in [5.74, 6) is 2.71. The molecule has 1 aliphatic heterocycles. The molecule has 1 heterocycles. The van der Waals surface area contributed by atoms with Gasteiger partial charge in [-0.2, -0.15) is 0 Å². The maximum Gasteiger partial charge on any atom is 0.126 e. The van der Waals surface area contributed by atoms with Gasteiger partial charge in [-0.15, -0.1) is 0 Å². The fourth-order valence-corrected chi connectivity index (χ4v) is 3.18. The van der Waals surface area contributed by atoms with Crippen LogP contribution in [0.3, 0.4) is 0 Å². The van der Waals surface area contributed by atoms with Crippen molar-refractivity contribution >= 4 is 5.69 Å². The van der Waals surface area contributed by atoms with E-state index >= 15 is 0 Å². The average molecular weight is 341 g/mol. The molecule has 1 atom stereocenters. The summed E-state index contributed by atoms with van der Waals surface area (Å²) < 4.78 is 17.3. The molecule has 0 amide bonds. The standard InChI is InChI=1S/C21H27NO3/c1-15-19(22)7-5-8-20(15)24-13-4-3-6-17-11-9-16-10-12-18(23-2)14-21(16)25-17/h5,7-8,10,12,14,17H,3-4,6,9,11,13,22H2,1-2H3. The largest absolute Gasteiger partial charge is 0.497 e. The second-order valence-electron chi connectivity index (χ2n) is 6.57. The number of hydrogen-bond acceptors (Lipinski definition) is 4. The number of nitrogen functional groups attached to an aromatic ring is 1. The zero-order chi connectivity index (χ0) is 17.6. The molecule has 2 aromatic carbocycles. The quantitative estimate of drug-likeness (QED) is 0.594. The lowest BCUT2D eigenvalue weighted by molar-refractivity contribution is 0.157. The third-order valence-corrected chi connectivity index (χ3v) is 4.81. The number of anilines is 1. The Bertz CT molecular complexity index is 714. The number of unbranched alkanes of at least 4 members (excludes halogenated alkanes) is 1. The van der Waals surface area contributed by atoms with Gasteiger partial charge in [-0.3, -0.25) is 0 Å². The van der Waals surface area contributed by atoms with Gasteiger partial charge < -0.3 is 19.9 Å². The third kappa shape index (κ3) is 4.38. The van der Waals surface area contributed by atoms with Crippen molar-refractivity contribution in [2.75, 3.05) is 19.5 Å². The molecule has 0 aliphatic carbocycles. The van der Waals surface area contributed by atoms with Crippen LogP contribution in [-0.2, 0) is 6.42 Å². The minimum absolute atomic E-state index is 0.286. The summed E-state index contributed by atoms with van der Waals surface area (Å²) in [6.07, 6.45) is 5.59. The summed E-state index contributed by atoms with van der Waals surface area (Å²) in [5.41, 5.74) is 8.98. The van der Waals surface area contributed by atoms with Crippen LogP contribution in [-0.4, -0.2) is 19.8 Å². The molecule has 1 unspecified atom stereocenters. The monoisotopic (exact) mass is 341 g/mol. The Kier molecular flexibility index (Phi) is 5.69. The molecule has 0 aromatic heterocycles. The normalized spacial score (nSPS) is 16.0. The van der Waals surface area contributed by atoms with Crippen LogP contribution in [0.4, 0.5) is 5.69 Å². The van der Waals surface area contributed by atoms with Crippen LogP contribution >= 0.6 is 0 Å². The zero-order valence-corrected chi connectivity index (χ0v) is 15.1. The number of rotatable bonds is 7. The van der Waals surface area contributed by atoms with Gasteiger partial charge in [-0.1, -0.05) is 12.1 Å². The minimum atomic E-state index is 0.286. The van der Waals surface area contributed by atoms with Crippen LogP contribution in [0.2, 0.25) is 0 Å². The molecule has 134 valence electrons. The highest BCUT2D eigenvalue weighted by Crippen LogP contribution is 2.32. The van der Waals surface area contributed by atoms with Crippen molar-refractivity contribution < 1.29 is 14.2 Å². The number of benzene rings is 2. The van der Waals surface area contributed by atoms with E-state index in [0.29, 0.717) is 6.61 Å². The summed E-state index contributed by atoms with van der Waals surface area (Å²) in [4.78, 5) is 0. The van der Waals surface area contributed by atoms with Crippen LogP contribution in [0.25, 0.3) is 0 Å². The van der Waals surface area contributed by atoms with Crippen LogP contribution in [0, 0.1) is 6.92 Å². The highest BCUT2D eigenvalue weighted by Gasteiger charge is 2.19. The van der Waals surface area contributed by atoms with Crippen LogP contribution in [0.1, 0.15) is 36.8 Å². The number of ether oxygens (including phenoxy) is 3. The van der Waals surface area contributed by atoms with Crippen molar-refractivity contribution in [3.8, 4) is 17.2 Å². The number of nitrogens with two attached hydrogens (primary N) is 1. The molecule has 0 bridgehead atoms. The first-order valence-electron chi connectivity index (χ1n) is 8.99. The van der Waals surface area contributed by atoms with E-state index in [1.54, 1.807) is 7.11 Å². The van der Waals surface area contributed by atoms with Gasteiger partial charge in [0.05, 0.1) is 19.8 Å². The first-order valence-corrected chi connectivity index (χ1v) is 8.99. The Morgan fingerprint density at radius 3 is 2.92 bits per heavy atom. The molecule has 0 saturated carbocycles. The van der Waals surface area contributed by atoms with Crippen LogP contribution in [0.15, 0.2) is 36.4 Å². The Morgan fingerprint density at radius 1 is 1.20 bits per heavy atom. The Hall–Kier alpha value is -2.36. The Morgan fingerprint density at radius 2 is 2.08 bits per heavy atom. The smallest absolute Gasteiger partial charge is 0.126 e. The van der Waals surface area contributed by atoms with E-state index in [9.17, 15) is 0 Å². The fraction of sp³-hybridized carbons (Fsp3) is 0.429. The average Bonchev–Trinajstić information content (AvgIpc) is 2.64. The molecule has 25 heavy (non-hydrogen) atoms. The van der Waals surface area contributed by atoms with Crippen LogP contribution in [0.5, 0.6) is 17.2 Å². The summed E-state index contributed by atoms with van der Waals surface area (Å²) in [7, 11) is 1.68. The van der Waals surface area contributed by atoms with Crippen molar-refractivity contribution in [3.63, 3.8) is 0 Å². The summed E-state index contributed by atoms with van der Waals surface area (Å²) in [6.45, 7) is 2.70. The lowest BCUT2D eigenvalue weighted by atomic mass is 9.99. The molecule has 2 N–H and O–H groups in total. The number of aryl methyl sites for hydroxylation is 1. The van der Waals surface area contributed by atoms with Crippen molar-refractivity contribution in [1.82, 2.24) is 0 Å². The van der Waals surface area contributed by atoms with Gasteiger partial charge in [-0.25, -0.2) is 0 Å². The first-order chi connectivity index (χ1) is 12.2. The molecule has 1 aliphatic rings. The second-order valence-corrected chi connectivity index (χ2v) is 6.57. The Balaban J connectivity index is 1.41. The predicted molar refractivity (Wildman–Crippen MR) is 101 cm³/mol. The zero-order valence-electron chi connectivity index (χ0n) is 15.1. The second kappa shape index (κ2) is 8.15. The van der Waals surface area contributed by atoms with Crippen molar-refractivity contribution in [3.05, 3.63) is 47.5 Å². The molecule has 3 rings (SSSR count). The maximum absolute atomic E-state index is 6.14. The SMILES string of the molecule is COc1ccc2c(c1)OC(CCCCOc1cccc(N)c1C)CC2. The van der Waals surface area contributed by atoms with E-state index in [1.807, 2.05) is 37.3 Å². The minimum Gasteiger partial charge on any atom is -0.497 e. The topological polar surface area (TPSA) is 53.7 Å². The van der Waals surface area contributed by atoms with E-state index in [4.69, 9.17) is 19.9 Å². The third-order valence-electron chi connectivity index (χ3n) is 4.81. The van der Waals surface area contributed by atoms with Crippen molar-refractivity contribution in [2.24, 2.45) is 0 Å². The molecule has 0 radical (unpaired) electrons. The molecule has 0 spiro atoms. The van der Waals surface area contributed by atoms with E-state index < -0.39 is 0 Å². The lowest BCUT2D eigenvalue weighted by Gasteiger charge is -2.26. The molecule has 0 fully saturated rings. The summed E-state index contributed by atoms with van der Waals surface area (Å²) in [5, 5.41) is 0. The summed E-state index contributed by atoms with van der Waals surface area (Å²) in [6, 6.07) is 11.9. The molecular formula is C21H27NO3. The molecule has 4 heteroatoms. The molecule has 0 saturated heterocycles. The number of methoxy groups -OCH3 is 1. The molecule has 2 aromatic rings. The van der Waals surface area contributed by atoms with E-state index in [1.165, 1.54) is 5.56 Å². The van der Waals surface area contributed by atoms with E-state index in [0.717, 1.165) is 60.6 Å². The van der Waals surface area contributed by atoms with Gasteiger partial charge in [0, 0.05) is 17.3 Å². The van der Waals surface area contributed by atoms with Gasteiger partial charge >= 0.3 is 0 Å². The van der Waals surface area contributed by atoms with Gasteiger partial charge in [0.1, 0.15) is 17.2 Å². The maximum atomic E-state index is 6.14. The lowest BCUT2D eigenvalue weighted by Crippen LogP contribution is -2.22. The number of fused-ring (bicyclic) bond motifs is 1. The fourth-order valence-electron chi connectivity index (χ4n) is 3.18. The Labute approximate surface area is 149 Å². The highest BCUT2D eigenvalue weighted by molar-refractivity contribution is 5.53. The van der Waals surface area contributed by atoms with Crippen LogP contribution < -0.4 is 19.9 Å².